The average Bonchev–Trinajstić information content (AvgIpc) is 4.09. The maximum Gasteiger partial charge on any atom is 0.0726 e. The van der Waals surface area contributed by atoms with E-state index in [0.29, 0.717) is 0 Å². The number of rotatable bonds is 5. The lowest BCUT2D eigenvalue weighted by atomic mass is 9.70. The number of thiophene rings is 2. The van der Waals surface area contributed by atoms with Crippen LogP contribution in [0.4, 0.5) is 17.1 Å². The molecule has 12 aromatic rings. The molecule has 0 saturated heterocycles. The lowest BCUT2D eigenvalue weighted by Gasteiger charge is -2.33. The van der Waals surface area contributed by atoms with Crippen molar-refractivity contribution in [2.24, 2.45) is 0 Å². The molecule has 0 aliphatic heterocycles. The number of anilines is 3. The van der Waals surface area contributed by atoms with Crippen molar-refractivity contribution >= 4 is 80.1 Å². The average molecular weight is 848 g/mol. The Labute approximate surface area is 379 Å². The van der Waals surface area contributed by atoms with Gasteiger partial charge in [-0.15, -0.1) is 22.7 Å². The molecule has 2 aromatic heterocycles. The summed E-state index contributed by atoms with van der Waals surface area (Å²) < 4.78 is 5.25. The van der Waals surface area contributed by atoms with E-state index >= 15 is 0 Å². The van der Waals surface area contributed by atoms with Crippen LogP contribution in [0.25, 0.3) is 84.9 Å². The predicted octanol–water partition coefficient (Wildman–Crippen LogP) is 17.6. The van der Waals surface area contributed by atoms with Gasteiger partial charge in [-0.25, -0.2) is 0 Å². The van der Waals surface area contributed by atoms with Crippen LogP contribution in [0.2, 0.25) is 0 Å². The Balaban J connectivity index is 1.05. The highest BCUT2D eigenvalue weighted by atomic mass is 32.1. The van der Waals surface area contributed by atoms with Crippen molar-refractivity contribution in [2.45, 2.75) is 5.41 Å². The molecule has 2 heterocycles. The lowest BCUT2D eigenvalue weighted by molar-refractivity contribution is 0.793. The molecular weight excluding hydrogens is 811 g/mol. The second-order valence-corrected chi connectivity index (χ2v) is 19.3. The molecule has 0 N–H and O–H groups in total. The summed E-state index contributed by atoms with van der Waals surface area (Å²) in [4.78, 5) is 2.54. The van der Waals surface area contributed by atoms with Crippen LogP contribution >= 0.6 is 22.7 Å². The summed E-state index contributed by atoms with van der Waals surface area (Å²) in [5.74, 6) is 0. The molecule has 298 valence electrons. The third-order valence-electron chi connectivity index (χ3n) is 13.9. The van der Waals surface area contributed by atoms with E-state index in [0.717, 1.165) is 17.1 Å². The van der Waals surface area contributed by atoms with Gasteiger partial charge in [0.25, 0.3) is 0 Å². The molecule has 0 fully saturated rings. The highest BCUT2D eigenvalue weighted by molar-refractivity contribution is 7.26. The van der Waals surface area contributed by atoms with Crippen LogP contribution < -0.4 is 4.90 Å². The molecule has 0 radical (unpaired) electrons. The second kappa shape index (κ2) is 13.7. The zero-order valence-corrected chi connectivity index (χ0v) is 36.3. The quantitative estimate of drug-likeness (QED) is 0.167. The molecule has 2 aliphatic carbocycles. The van der Waals surface area contributed by atoms with Gasteiger partial charge in [-0.2, -0.15) is 0 Å². The Morgan fingerprint density at radius 2 is 0.672 bits per heavy atom. The molecule has 64 heavy (non-hydrogen) atoms. The summed E-state index contributed by atoms with van der Waals surface area (Å²) in [5.41, 5.74) is 18.3. The van der Waals surface area contributed by atoms with Crippen LogP contribution in [0.5, 0.6) is 0 Å². The summed E-state index contributed by atoms with van der Waals surface area (Å²) in [6.45, 7) is 0. The van der Waals surface area contributed by atoms with Gasteiger partial charge in [0.2, 0.25) is 0 Å². The minimum atomic E-state index is -0.462. The van der Waals surface area contributed by atoms with E-state index in [9.17, 15) is 0 Å². The molecule has 0 saturated carbocycles. The third kappa shape index (κ3) is 4.99. The fourth-order valence-electron chi connectivity index (χ4n) is 11.2. The van der Waals surface area contributed by atoms with Gasteiger partial charge < -0.3 is 4.90 Å². The van der Waals surface area contributed by atoms with E-state index in [1.807, 2.05) is 22.7 Å². The minimum Gasteiger partial charge on any atom is -0.309 e. The van der Waals surface area contributed by atoms with E-state index < -0.39 is 5.41 Å². The number of fused-ring (bicyclic) bond motifs is 16. The van der Waals surface area contributed by atoms with Crippen LogP contribution in [0.1, 0.15) is 22.3 Å². The normalized spacial score (nSPS) is 13.1. The molecule has 1 spiro atoms. The van der Waals surface area contributed by atoms with Gasteiger partial charge in [0.1, 0.15) is 0 Å². The summed E-state index contributed by atoms with van der Waals surface area (Å²) in [6.07, 6.45) is 0. The van der Waals surface area contributed by atoms with Gasteiger partial charge in [0, 0.05) is 57.2 Å². The lowest BCUT2D eigenvalue weighted by Crippen LogP contribution is -2.26. The molecular formula is C61H37NS2. The smallest absolute Gasteiger partial charge is 0.0726 e. The van der Waals surface area contributed by atoms with Crippen molar-refractivity contribution in [3.8, 4) is 44.5 Å². The van der Waals surface area contributed by atoms with Crippen molar-refractivity contribution in [3.63, 3.8) is 0 Å². The zero-order chi connectivity index (χ0) is 41.9. The number of nitrogens with zero attached hydrogens (tertiary/aromatic N) is 1. The first-order chi connectivity index (χ1) is 31.7. The Bertz CT molecular complexity index is 3660. The third-order valence-corrected chi connectivity index (χ3v) is 16.2. The van der Waals surface area contributed by atoms with E-state index in [-0.39, 0.29) is 0 Å². The first kappa shape index (κ1) is 36.0. The fourth-order valence-corrected chi connectivity index (χ4v) is 13.4. The van der Waals surface area contributed by atoms with E-state index in [4.69, 9.17) is 0 Å². The van der Waals surface area contributed by atoms with Gasteiger partial charge in [0.05, 0.1) is 16.8 Å². The SMILES string of the molecule is c1ccc(N(c2ccc3c(c2)C2(c4ccccc4-c4ccccc42)c2ccccc2-3)c2ccccc2-c2ccc3sc4ccccc4c3c2)c(-c2ccc3sc4ccccc4c3c2)c1. The molecule has 0 unspecified atom stereocenters. The van der Waals surface area contributed by atoms with Crippen LogP contribution in [0, 0.1) is 0 Å². The first-order valence-electron chi connectivity index (χ1n) is 22.0. The molecule has 10 aromatic carbocycles. The molecule has 0 atom stereocenters. The zero-order valence-electron chi connectivity index (χ0n) is 34.6. The summed E-state index contributed by atoms with van der Waals surface area (Å²) in [5, 5.41) is 5.21. The Hall–Kier alpha value is -7.56. The van der Waals surface area contributed by atoms with Crippen LogP contribution in [-0.4, -0.2) is 0 Å². The standard InChI is InChI=1S/C61H37NS2/c1-8-22-51-43(17-1)44-18-2-9-23-52(44)61(51)53-24-10-3-19-45(53)46-32-31-40(37-54(46)61)62(55-25-11-4-15-41(55)38-29-33-59-49(35-38)47-20-6-13-27-57(47)63-59)56-26-12-5-16-42(56)39-30-34-60-50(36-39)48-21-7-14-28-58(48)64-60/h1-37H. The number of hydrogen-bond acceptors (Lipinski definition) is 3. The van der Waals surface area contributed by atoms with Crippen LogP contribution in [-0.2, 0) is 5.41 Å². The molecule has 3 heteroatoms. The largest absolute Gasteiger partial charge is 0.309 e. The number of benzene rings is 10. The van der Waals surface area contributed by atoms with Gasteiger partial charge in [0.15, 0.2) is 0 Å². The van der Waals surface area contributed by atoms with Crippen molar-refractivity contribution in [1.82, 2.24) is 0 Å². The minimum absolute atomic E-state index is 0.462. The highest BCUT2D eigenvalue weighted by Gasteiger charge is 2.51. The predicted molar refractivity (Wildman–Crippen MR) is 274 cm³/mol. The van der Waals surface area contributed by atoms with Gasteiger partial charge in [-0.1, -0.05) is 164 Å². The van der Waals surface area contributed by atoms with Crippen molar-refractivity contribution in [3.05, 3.63) is 247 Å². The fraction of sp³-hybridized carbons (Fsp3) is 0.0164. The van der Waals surface area contributed by atoms with Crippen LogP contribution in [0.15, 0.2) is 224 Å². The first-order valence-corrected chi connectivity index (χ1v) is 23.6. The van der Waals surface area contributed by atoms with Gasteiger partial charge >= 0.3 is 0 Å². The molecule has 2 aliphatic rings. The summed E-state index contributed by atoms with van der Waals surface area (Å²) >= 11 is 3.73. The monoisotopic (exact) mass is 847 g/mol. The maximum absolute atomic E-state index is 2.54. The molecule has 0 bridgehead atoms. The number of para-hydroxylation sites is 2. The summed E-state index contributed by atoms with van der Waals surface area (Å²) in [7, 11) is 0. The topological polar surface area (TPSA) is 3.24 Å². The Kier molecular flexibility index (Phi) is 7.71. The van der Waals surface area contributed by atoms with Crippen molar-refractivity contribution in [2.75, 3.05) is 4.90 Å². The molecule has 14 rings (SSSR count). The Morgan fingerprint density at radius 1 is 0.281 bits per heavy atom. The van der Waals surface area contributed by atoms with E-state index in [1.54, 1.807) is 0 Å². The van der Waals surface area contributed by atoms with Crippen molar-refractivity contribution < 1.29 is 0 Å². The van der Waals surface area contributed by atoms with Crippen LogP contribution in [0.3, 0.4) is 0 Å². The van der Waals surface area contributed by atoms with Gasteiger partial charge in [-0.3, -0.25) is 0 Å². The van der Waals surface area contributed by atoms with E-state index in [1.165, 1.54) is 107 Å². The van der Waals surface area contributed by atoms with E-state index in [2.05, 4.69) is 229 Å². The summed E-state index contributed by atoms with van der Waals surface area (Å²) in [6, 6.07) is 84.3. The second-order valence-electron chi connectivity index (χ2n) is 17.1. The Morgan fingerprint density at radius 3 is 1.17 bits per heavy atom. The highest BCUT2D eigenvalue weighted by Crippen LogP contribution is 2.63. The van der Waals surface area contributed by atoms with Gasteiger partial charge in [-0.05, 0) is 116 Å². The van der Waals surface area contributed by atoms with Crippen molar-refractivity contribution in [1.29, 1.82) is 0 Å². The number of hydrogen-bond donors (Lipinski definition) is 0. The molecule has 1 nitrogen and oxygen atoms in total. The maximum atomic E-state index is 2.54. The molecule has 0 amide bonds.